The van der Waals surface area contributed by atoms with E-state index in [0.29, 0.717) is 7.14 Å². The summed E-state index contributed by atoms with van der Waals surface area (Å²) in [6.45, 7) is -1.54. The van der Waals surface area contributed by atoms with Crippen LogP contribution in [0.25, 0.3) is 0 Å². The molecule has 9 N–H and O–H groups in total. The molecule has 1 aromatic carbocycles. The normalized spacial score (nSPS) is 12.8. The third kappa shape index (κ3) is 7.28. The Bertz CT molecular complexity index is 741. The number of carbonyl (C=O) groups excluding carboxylic acids is 3. The van der Waals surface area contributed by atoms with E-state index in [2.05, 4.69) is 16.0 Å². The van der Waals surface area contributed by atoms with Crippen LogP contribution in [0.15, 0.2) is 0 Å². The number of nitrogens with two attached hydrogens (primary N) is 1. The fourth-order valence-electron chi connectivity index (χ4n) is 2.02. The van der Waals surface area contributed by atoms with Gasteiger partial charge in [-0.05, 0) is 67.8 Å². The minimum absolute atomic E-state index is 0.0633. The highest BCUT2D eigenvalue weighted by Gasteiger charge is 2.28. The van der Waals surface area contributed by atoms with Gasteiger partial charge in [0.25, 0.3) is 11.8 Å². The highest BCUT2D eigenvalue weighted by Crippen LogP contribution is 2.35. The Morgan fingerprint density at radius 3 is 1.52 bits per heavy atom. The summed E-state index contributed by atoms with van der Waals surface area (Å²) in [6, 6.07) is -0.897. The molecule has 4 amide bonds. The Balaban J connectivity index is 3.45. The van der Waals surface area contributed by atoms with E-state index in [0.717, 1.165) is 0 Å². The summed E-state index contributed by atoms with van der Waals surface area (Å²) in [5, 5.41) is 44.0. The molecule has 162 valence electrons. The van der Waals surface area contributed by atoms with E-state index in [4.69, 9.17) is 15.9 Å². The molecule has 0 saturated carbocycles. The summed E-state index contributed by atoms with van der Waals surface area (Å²) in [7, 11) is 0. The van der Waals surface area contributed by atoms with Crippen molar-refractivity contribution in [2.75, 3.05) is 31.6 Å². The second kappa shape index (κ2) is 12.3. The molecule has 0 aliphatic heterocycles. The van der Waals surface area contributed by atoms with Crippen molar-refractivity contribution >= 4 is 91.3 Å². The number of halogens is 3. The van der Waals surface area contributed by atoms with Crippen LogP contribution in [-0.2, 0) is 0 Å². The molecule has 1 aromatic rings. The van der Waals surface area contributed by atoms with Crippen molar-refractivity contribution in [3.63, 3.8) is 0 Å². The van der Waals surface area contributed by atoms with Gasteiger partial charge in [0, 0.05) is 16.7 Å². The molecule has 1 rings (SSSR count). The predicted octanol–water partition coefficient (Wildman–Crippen LogP) is -0.843. The number of primary amides is 1. The maximum Gasteiger partial charge on any atom is 0.316 e. The minimum Gasteiger partial charge on any atom is -0.394 e. The maximum absolute atomic E-state index is 12.7. The van der Waals surface area contributed by atoms with E-state index >= 15 is 0 Å². The van der Waals surface area contributed by atoms with Gasteiger partial charge >= 0.3 is 6.03 Å². The van der Waals surface area contributed by atoms with Gasteiger partial charge in [-0.15, -0.1) is 0 Å². The van der Waals surface area contributed by atoms with E-state index < -0.39 is 43.3 Å². The van der Waals surface area contributed by atoms with Crippen molar-refractivity contribution in [3.05, 3.63) is 21.8 Å². The smallest absolute Gasteiger partial charge is 0.316 e. The van der Waals surface area contributed by atoms with Gasteiger partial charge in [-0.2, -0.15) is 0 Å². The molecule has 0 spiro atoms. The van der Waals surface area contributed by atoms with Gasteiger partial charge in [-0.3, -0.25) is 9.59 Å². The molecular formula is C15H19I3N4O7. The summed E-state index contributed by atoms with van der Waals surface area (Å²) in [5.41, 5.74) is 5.48. The van der Waals surface area contributed by atoms with Crippen LogP contribution in [0.4, 0.5) is 10.5 Å². The van der Waals surface area contributed by atoms with Crippen LogP contribution in [0.3, 0.4) is 0 Å². The summed E-state index contributed by atoms with van der Waals surface area (Å²) in [5.74, 6) is -1.28. The topological polar surface area (TPSA) is 194 Å². The lowest BCUT2D eigenvalue weighted by Crippen LogP contribution is -2.37. The first-order valence-corrected chi connectivity index (χ1v) is 11.2. The molecule has 0 aliphatic carbocycles. The number of nitrogens with one attached hydrogen (secondary N) is 3. The first-order valence-electron chi connectivity index (χ1n) is 7.96. The first-order chi connectivity index (χ1) is 13.5. The van der Waals surface area contributed by atoms with E-state index in [-0.39, 0.29) is 33.5 Å². The third-order valence-corrected chi connectivity index (χ3v) is 6.67. The van der Waals surface area contributed by atoms with E-state index in [9.17, 15) is 24.6 Å². The van der Waals surface area contributed by atoms with Crippen LogP contribution >= 0.6 is 67.8 Å². The molecule has 0 fully saturated rings. The highest BCUT2D eigenvalue weighted by molar-refractivity contribution is 14.1. The van der Waals surface area contributed by atoms with Crippen LogP contribution < -0.4 is 21.7 Å². The van der Waals surface area contributed by atoms with Crippen molar-refractivity contribution in [3.8, 4) is 0 Å². The van der Waals surface area contributed by atoms with Crippen LogP contribution in [0.2, 0.25) is 0 Å². The number of anilines is 1. The van der Waals surface area contributed by atoms with E-state index in [1.165, 1.54) is 0 Å². The lowest BCUT2D eigenvalue weighted by Gasteiger charge is -2.20. The molecular weight excluding hydrogens is 729 g/mol. The largest absolute Gasteiger partial charge is 0.394 e. The summed E-state index contributed by atoms with van der Waals surface area (Å²) >= 11 is 5.46. The quantitative estimate of drug-likeness (QED) is 0.151. The van der Waals surface area contributed by atoms with Crippen LogP contribution in [-0.4, -0.2) is 76.8 Å². The molecule has 0 aromatic heterocycles. The summed E-state index contributed by atoms with van der Waals surface area (Å²) in [6.07, 6.45) is -2.33. The fraction of sp³-hybridized carbons (Fsp3) is 0.400. The molecule has 0 heterocycles. The monoisotopic (exact) mass is 748 g/mol. The second-order valence-electron chi connectivity index (χ2n) is 5.65. The number of aliphatic hydroxyl groups excluding tert-OH is 4. The Hall–Kier alpha value is -0.540. The lowest BCUT2D eigenvalue weighted by molar-refractivity contribution is 0.0798. The molecule has 11 nitrogen and oxygen atoms in total. The third-order valence-electron chi connectivity index (χ3n) is 3.44. The van der Waals surface area contributed by atoms with Crippen molar-refractivity contribution in [2.45, 2.75) is 12.2 Å². The number of carbonyl (C=O) groups is 3. The minimum atomic E-state index is -1.16. The zero-order valence-corrected chi connectivity index (χ0v) is 21.2. The number of hydrogen-bond donors (Lipinski definition) is 8. The number of amides is 4. The molecule has 14 heteroatoms. The standard InChI is InChI=1S/C15H19I3N4O7/c16-9-7(13(27)20-1-5(25)3-23)10(17)12(22-15(19)29)11(18)8(9)14(28)21-2-6(26)4-24/h5-6,23-26H,1-4H2,(H,20,27)(H,21,28)(H3,19,22,29). The number of urea groups is 1. The van der Waals surface area contributed by atoms with Crippen molar-refractivity contribution < 1.29 is 34.8 Å². The second-order valence-corrected chi connectivity index (χ2v) is 8.89. The van der Waals surface area contributed by atoms with Gasteiger partial charge in [-0.1, -0.05) is 0 Å². The van der Waals surface area contributed by atoms with Gasteiger partial charge in [0.1, 0.15) is 0 Å². The molecule has 2 atom stereocenters. The van der Waals surface area contributed by atoms with Gasteiger partial charge in [0.15, 0.2) is 0 Å². The molecule has 0 saturated heterocycles. The number of rotatable bonds is 9. The zero-order valence-electron chi connectivity index (χ0n) is 14.7. The molecule has 0 radical (unpaired) electrons. The number of benzene rings is 1. The first kappa shape index (κ1) is 26.5. The molecule has 0 aliphatic rings. The fourth-order valence-corrected chi connectivity index (χ4v) is 6.44. The Morgan fingerprint density at radius 1 is 0.828 bits per heavy atom. The SMILES string of the molecule is NC(=O)Nc1c(I)c(C(=O)NCC(O)CO)c(I)c(C(=O)NCC(O)CO)c1I. The summed E-state index contributed by atoms with van der Waals surface area (Å²) < 4.78 is 0.898. The van der Waals surface area contributed by atoms with Gasteiger partial charge in [0.2, 0.25) is 0 Å². The number of hydrogen-bond acceptors (Lipinski definition) is 7. The van der Waals surface area contributed by atoms with Crippen molar-refractivity contribution in [1.29, 1.82) is 0 Å². The van der Waals surface area contributed by atoms with Gasteiger partial charge < -0.3 is 42.1 Å². The Morgan fingerprint density at radius 2 is 1.21 bits per heavy atom. The van der Waals surface area contributed by atoms with Gasteiger partial charge in [0.05, 0.1) is 49.4 Å². The zero-order chi connectivity index (χ0) is 22.3. The number of aliphatic hydroxyl groups is 4. The van der Waals surface area contributed by atoms with Crippen LogP contribution in [0.1, 0.15) is 20.7 Å². The molecule has 2 unspecified atom stereocenters. The van der Waals surface area contributed by atoms with Crippen molar-refractivity contribution in [1.82, 2.24) is 10.6 Å². The van der Waals surface area contributed by atoms with Crippen LogP contribution in [0, 0.1) is 10.7 Å². The highest BCUT2D eigenvalue weighted by atomic mass is 127. The Kier molecular flexibility index (Phi) is 11.3. The van der Waals surface area contributed by atoms with Crippen molar-refractivity contribution in [2.24, 2.45) is 5.73 Å². The molecule has 29 heavy (non-hydrogen) atoms. The Labute approximate surface area is 206 Å². The van der Waals surface area contributed by atoms with Gasteiger partial charge in [-0.25, -0.2) is 4.79 Å². The van der Waals surface area contributed by atoms with Crippen LogP contribution in [0.5, 0.6) is 0 Å². The summed E-state index contributed by atoms with van der Waals surface area (Å²) in [4.78, 5) is 36.8. The average Bonchev–Trinajstić information content (AvgIpc) is 2.67. The maximum atomic E-state index is 12.7. The predicted molar refractivity (Wildman–Crippen MR) is 129 cm³/mol. The van der Waals surface area contributed by atoms with E-state index in [1.54, 1.807) is 22.6 Å². The molecule has 0 bridgehead atoms. The lowest BCUT2D eigenvalue weighted by atomic mass is 10.1. The van der Waals surface area contributed by atoms with E-state index in [1.807, 2.05) is 45.2 Å². The average molecular weight is 748 g/mol.